The monoisotopic (exact) mass is 581 g/mol. The van der Waals surface area contributed by atoms with E-state index in [2.05, 4.69) is 5.32 Å². The van der Waals surface area contributed by atoms with Crippen molar-refractivity contribution in [2.45, 2.75) is 31.4 Å². The maximum absolute atomic E-state index is 13.2. The van der Waals surface area contributed by atoms with E-state index in [0.29, 0.717) is 43.2 Å². The summed E-state index contributed by atoms with van der Waals surface area (Å²) in [5.41, 5.74) is 1.64. The third kappa shape index (κ3) is 6.50. The third-order valence-corrected chi connectivity index (χ3v) is 7.55. The fourth-order valence-corrected chi connectivity index (χ4v) is 5.22. The number of alkyl halides is 3. The lowest BCUT2D eigenvalue weighted by Crippen LogP contribution is -2.38. The van der Waals surface area contributed by atoms with E-state index in [-0.39, 0.29) is 29.2 Å². The number of hydrogen-bond donors (Lipinski definition) is 1. The van der Waals surface area contributed by atoms with E-state index >= 15 is 0 Å². The summed E-state index contributed by atoms with van der Waals surface area (Å²) in [5, 5.41) is 2.64. The zero-order valence-corrected chi connectivity index (χ0v) is 22.9. The summed E-state index contributed by atoms with van der Waals surface area (Å²) in [6, 6.07) is 17.1. The predicted molar refractivity (Wildman–Crippen MR) is 150 cm³/mol. The van der Waals surface area contributed by atoms with E-state index in [1.54, 1.807) is 41.3 Å². The van der Waals surface area contributed by atoms with Crippen molar-refractivity contribution in [3.05, 3.63) is 89.0 Å². The van der Waals surface area contributed by atoms with Crippen LogP contribution in [0.1, 0.15) is 57.0 Å². The van der Waals surface area contributed by atoms with Crippen molar-refractivity contribution in [3.8, 4) is 5.75 Å². The minimum absolute atomic E-state index is 0.0591. The van der Waals surface area contributed by atoms with Gasteiger partial charge in [-0.05, 0) is 85.3 Å². The zero-order chi connectivity index (χ0) is 29.9. The molecule has 3 aromatic rings. The first-order valence-corrected chi connectivity index (χ1v) is 13.6. The van der Waals surface area contributed by atoms with Crippen LogP contribution >= 0.6 is 0 Å². The first-order chi connectivity index (χ1) is 20.1. The molecular formula is C31H30F3N3O5. The van der Waals surface area contributed by atoms with Crippen LogP contribution in [0.5, 0.6) is 5.75 Å². The normalized spacial score (nSPS) is 16.1. The van der Waals surface area contributed by atoms with Gasteiger partial charge >= 0.3 is 12.3 Å². The van der Waals surface area contributed by atoms with E-state index < -0.39 is 17.6 Å². The molecule has 42 heavy (non-hydrogen) atoms. The SMILES string of the molecule is COc1cc(C(=O)Nc2ccc(C3CCN(C(=O)c4ccc(N5CCCOC5=O)cc4)CC3)cc2)cc(C(F)(F)F)c1. The van der Waals surface area contributed by atoms with Gasteiger partial charge in [-0.3, -0.25) is 14.5 Å². The lowest BCUT2D eigenvalue weighted by Gasteiger charge is -2.32. The number of carbonyl (C=O) groups is 3. The Hall–Kier alpha value is -4.54. The number of carbonyl (C=O) groups excluding carboxylic acids is 3. The van der Waals surface area contributed by atoms with Gasteiger partial charge in [-0.2, -0.15) is 13.2 Å². The van der Waals surface area contributed by atoms with E-state index in [0.717, 1.165) is 37.0 Å². The molecule has 8 nitrogen and oxygen atoms in total. The molecule has 0 bridgehead atoms. The van der Waals surface area contributed by atoms with Crippen molar-refractivity contribution in [1.29, 1.82) is 0 Å². The fourth-order valence-electron chi connectivity index (χ4n) is 5.22. The Kier molecular flexibility index (Phi) is 8.37. The molecule has 3 amide bonds. The highest BCUT2D eigenvalue weighted by atomic mass is 19.4. The number of anilines is 2. The topological polar surface area (TPSA) is 88.2 Å². The number of amides is 3. The smallest absolute Gasteiger partial charge is 0.416 e. The molecule has 0 spiro atoms. The number of nitrogens with one attached hydrogen (secondary N) is 1. The average molecular weight is 582 g/mol. The molecule has 0 atom stereocenters. The molecule has 5 rings (SSSR count). The minimum Gasteiger partial charge on any atom is -0.497 e. The molecule has 2 heterocycles. The molecule has 0 saturated carbocycles. The number of cyclic esters (lactones) is 1. The Morgan fingerprint density at radius 2 is 1.62 bits per heavy atom. The third-order valence-electron chi connectivity index (χ3n) is 7.55. The van der Waals surface area contributed by atoms with Gasteiger partial charge in [0.25, 0.3) is 11.8 Å². The number of nitrogens with zero attached hydrogens (tertiary/aromatic N) is 2. The van der Waals surface area contributed by atoms with Crippen LogP contribution in [0.2, 0.25) is 0 Å². The summed E-state index contributed by atoms with van der Waals surface area (Å²) in [6.07, 6.45) is -2.71. The van der Waals surface area contributed by atoms with Crippen LogP contribution in [-0.2, 0) is 10.9 Å². The van der Waals surface area contributed by atoms with Crippen LogP contribution in [-0.4, -0.2) is 56.2 Å². The Balaban J connectivity index is 1.16. The van der Waals surface area contributed by atoms with Crippen molar-refractivity contribution in [1.82, 2.24) is 4.90 Å². The van der Waals surface area contributed by atoms with Crippen molar-refractivity contribution in [3.63, 3.8) is 0 Å². The van der Waals surface area contributed by atoms with Gasteiger partial charge < -0.3 is 19.7 Å². The van der Waals surface area contributed by atoms with Gasteiger partial charge in [0, 0.05) is 42.1 Å². The quantitative estimate of drug-likeness (QED) is 0.368. The van der Waals surface area contributed by atoms with Crippen LogP contribution in [0.15, 0.2) is 66.7 Å². The number of piperidine rings is 1. The van der Waals surface area contributed by atoms with Crippen LogP contribution in [0, 0.1) is 0 Å². The van der Waals surface area contributed by atoms with Gasteiger partial charge in [-0.25, -0.2) is 4.79 Å². The lowest BCUT2D eigenvalue weighted by atomic mass is 9.89. The fraction of sp³-hybridized carbons (Fsp3) is 0.323. The van der Waals surface area contributed by atoms with Crippen molar-refractivity contribution in [2.24, 2.45) is 0 Å². The Morgan fingerprint density at radius 3 is 2.24 bits per heavy atom. The van der Waals surface area contributed by atoms with E-state index in [9.17, 15) is 27.6 Å². The Bertz CT molecular complexity index is 1450. The number of methoxy groups -OCH3 is 1. The summed E-state index contributed by atoms with van der Waals surface area (Å²) in [7, 11) is 1.24. The van der Waals surface area contributed by atoms with Crippen LogP contribution < -0.4 is 15.0 Å². The first-order valence-electron chi connectivity index (χ1n) is 13.6. The van der Waals surface area contributed by atoms with Gasteiger partial charge in [0.2, 0.25) is 0 Å². The first kappa shape index (κ1) is 29.0. The molecule has 0 aliphatic carbocycles. The van der Waals surface area contributed by atoms with Gasteiger partial charge in [0.15, 0.2) is 0 Å². The van der Waals surface area contributed by atoms with E-state index in [4.69, 9.17) is 9.47 Å². The van der Waals surface area contributed by atoms with Crippen molar-refractivity contribution >= 4 is 29.3 Å². The largest absolute Gasteiger partial charge is 0.497 e. The molecule has 0 aromatic heterocycles. The number of ether oxygens (including phenoxy) is 2. The van der Waals surface area contributed by atoms with Crippen LogP contribution in [0.25, 0.3) is 0 Å². The summed E-state index contributed by atoms with van der Waals surface area (Å²) in [4.78, 5) is 41.1. The van der Waals surface area contributed by atoms with Gasteiger partial charge in [0.05, 0.1) is 19.3 Å². The maximum Gasteiger partial charge on any atom is 0.416 e. The average Bonchev–Trinajstić information content (AvgIpc) is 3.01. The molecule has 3 aromatic carbocycles. The highest BCUT2D eigenvalue weighted by molar-refractivity contribution is 6.04. The number of hydrogen-bond acceptors (Lipinski definition) is 5. The zero-order valence-electron chi connectivity index (χ0n) is 22.9. The van der Waals surface area contributed by atoms with Crippen LogP contribution in [0.4, 0.5) is 29.3 Å². The van der Waals surface area contributed by atoms with E-state index in [1.807, 2.05) is 17.0 Å². The summed E-state index contributed by atoms with van der Waals surface area (Å²) >= 11 is 0. The highest BCUT2D eigenvalue weighted by Gasteiger charge is 2.32. The van der Waals surface area contributed by atoms with Crippen LogP contribution in [0.3, 0.4) is 0 Å². The number of likely N-dealkylation sites (tertiary alicyclic amines) is 1. The van der Waals surface area contributed by atoms with Gasteiger partial charge in [-0.15, -0.1) is 0 Å². The molecule has 1 N–H and O–H groups in total. The predicted octanol–water partition coefficient (Wildman–Crippen LogP) is 6.33. The second-order valence-electron chi connectivity index (χ2n) is 10.3. The number of halogens is 3. The van der Waals surface area contributed by atoms with Gasteiger partial charge in [-0.1, -0.05) is 12.1 Å². The van der Waals surface area contributed by atoms with Crippen molar-refractivity contribution < 1.29 is 37.0 Å². The molecule has 2 aliphatic rings. The van der Waals surface area contributed by atoms with Crippen molar-refractivity contribution in [2.75, 3.05) is 43.6 Å². The van der Waals surface area contributed by atoms with E-state index in [1.165, 1.54) is 13.2 Å². The number of benzene rings is 3. The summed E-state index contributed by atoms with van der Waals surface area (Å²) < 4.78 is 49.7. The second kappa shape index (κ2) is 12.1. The standard InChI is InChI=1S/C31H30F3N3O5/c1-41-27-18-23(17-24(19-27)31(32,33)34)28(38)35-25-7-3-20(4-8-25)21-11-14-36(15-12-21)29(39)22-5-9-26(10-6-22)37-13-2-16-42-30(37)40/h3-10,17-19,21H,2,11-16H2,1H3,(H,35,38). The number of rotatable bonds is 6. The maximum atomic E-state index is 13.2. The molecular weight excluding hydrogens is 551 g/mol. The second-order valence-corrected chi connectivity index (χ2v) is 10.3. The minimum atomic E-state index is -4.61. The molecule has 0 radical (unpaired) electrons. The molecule has 2 fully saturated rings. The van der Waals surface area contributed by atoms with Gasteiger partial charge in [0.1, 0.15) is 5.75 Å². The summed E-state index contributed by atoms with van der Waals surface area (Å²) in [5.74, 6) is -0.580. The molecule has 2 aliphatic heterocycles. The lowest BCUT2D eigenvalue weighted by molar-refractivity contribution is -0.137. The Morgan fingerprint density at radius 1 is 0.929 bits per heavy atom. The highest BCUT2D eigenvalue weighted by Crippen LogP contribution is 2.33. The Labute approximate surface area is 241 Å². The molecule has 2 saturated heterocycles. The molecule has 11 heteroatoms. The molecule has 0 unspecified atom stereocenters. The molecule has 220 valence electrons. The summed E-state index contributed by atoms with van der Waals surface area (Å²) in [6.45, 7) is 2.17.